The number of imidazole rings is 2. The number of hydrogen-bond acceptors (Lipinski definition) is 8. The zero-order valence-electron chi connectivity index (χ0n) is 70.1. The summed E-state index contributed by atoms with van der Waals surface area (Å²) in [5.74, 6) is 1.48. The minimum Gasteiger partial charge on any atom is -0.384 e. The van der Waals surface area contributed by atoms with Gasteiger partial charge in [0.2, 0.25) is 6.33 Å². The lowest BCUT2D eigenvalue weighted by Crippen LogP contribution is -2.48. The van der Waals surface area contributed by atoms with Gasteiger partial charge in [0.1, 0.15) is 66.2 Å². The van der Waals surface area contributed by atoms with Gasteiger partial charge in [0.15, 0.2) is 60.6 Å². The molecule has 0 fully saturated rings. The Bertz CT molecular complexity index is 2860. The minimum atomic E-state index is 0.664. The first kappa shape index (κ1) is 98.5. The topological polar surface area (TPSA) is 123 Å². The Morgan fingerprint density at radius 1 is 0.429 bits per heavy atom. The summed E-state index contributed by atoms with van der Waals surface area (Å²) < 4.78 is 52.0. The number of quaternary nitrogens is 3. The number of carbonyl (C=O) groups is 2. The van der Waals surface area contributed by atoms with E-state index >= 15 is 0 Å². The largest absolute Gasteiger partial charge is 0.384 e. The van der Waals surface area contributed by atoms with Gasteiger partial charge in [-0.3, -0.25) is 0 Å². The van der Waals surface area contributed by atoms with E-state index in [4.69, 9.17) is 38.0 Å². The highest BCUT2D eigenvalue weighted by Gasteiger charge is 2.21. The van der Waals surface area contributed by atoms with Crippen LogP contribution in [0.4, 0.5) is 0 Å². The second kappa shape index (κ2) is 62.5. The van der Waals surface area contributed by atoms with E-state index in [1.54, 1.807) is 28.4 Å². The van der Waals surface area contributed by atoms with Crippen molar-refractivity contribution in [1.82, 2.24) is 9.13 Å². The molecular weight excluding hydrogens is 1320 g/mol. The van der Waals surface area contributed by atoms with Crippen molar-refractivity contribution in [1.29, 1.82) is 0 Å². The molecule has 7 heterocycles. The van der Waals surface area contributed by atoms with Gasteiger partial charge < -0.3 is 51.5 Å². The van der Waals surface area contributed by atoms with E-state index in [0.29, 0.717) is 26.4 Å². The molecule has 0 bridgehead atoms. The van der Waals surface area contributed by atoms with Crippen LogP contribution >= 0.6 is 0 Å². The van der Waals surface area contributed by atoms with Gasteiger partial charge >= 0.3 is 0 Å². The zero-order chi connectivity index (χ0) is 78.4. The van der Waals surface area contributed by atoms with Crippen LogP contribution in [0, 0.1) is 13.8 Å². The molecule has 19 heteroatoms. The highest BCUT2D eigenvalue weighted by atomic mass is 16.5. The number of aryl methyl sites for hydroxylation is 12. The molecule has 105 heavy (non-hydrogen) atoms. The number of nitrogens with zero attached hydrogens (tertiary/aromatic N) is 11. The molecule has 0 saturated heterocycles. The molecule has 6 aromatic heterocycles. The number of pyridine rings is 4. The second-order valence-electron chi connectivity index (χ2n) is 28.3. The van der Waals surface area contributed by atoms with Gasteiger partial charge in [-0.1, -0.05) is 25.0 Å². The molecule has 1 aromatic carbocycles. The Labute approximate surface area is 639 Å². The van der Waals surface area contributed by atoms with E-state index in [-0.39, 0.29) is 0 Å². The number of para-hydroxylation sites is 2. The molecule has 0 unspecified atom stereocenters. The van der Waals surface area contributed by atoms with E-state index in [1.807, 2.05) is 13.6 Å². The van der Waals surface area contributed by atoms with Gasteiger partial charge in [-0.05, 0) is 134 Å². The number of likely N-dealkylation sites (N-methyl/N-ethyl adjacent to an activating group) is 2. The van der Waals surface area contributed by atoms with Crippen LogP contribution in [0.15, 0.2) is 141 Å². The molecule has 8 rings (SSSR count). The number of rotatable bonds is 39. The lowest BCUT2D eigenvalue weighted by Gasteiger charge is -2.34. The molecule has 0 amide bonds. The maximum Gasteiger partial charge on any atom is 0.256 e. The molecule has 7 aromatic rings. The number of benzene rings is 1. The summed E-state index contributed by atoms with van der Waals surface area (Å²) in [6, 6.07) is 26.0. The molecule has 0 atom stereocenters. The summed E-state index contributed by atoms with van der Waals surface area (Å²) in [4.78, 5) is 16.0. The first-order chi connectivity index (χ1) is 50.7. The molecule has 0 spiro atoms. The summed E-state index contributed by atoms with van der Waals surface area (Å²) in [5.41, 5.74) is 8.12. The minimum absolute atomic E-state index is 0.664. The van der Waals surface area contributed by atoms with Crippen molar-refractivity contribution in [3.05, 3.63) is 169 Å². The fourth-order valence-electron chi connectivity index (χ4n) is 11.6. The van der Waals surface area contributed by atoms with Gasteiger partial charge in [-0.15, -0.1) is 0 Å². The third kappa shape index (κ3) is 47.0. The van der Waals surface area contributed by atoms with Crippen LogP contribution in [0.3, 0.4) is 0 Å². The van der Waals surface area contributed by atoms with Crippen molar-refractivity contribution in [2.45, 2.75) is 164 Å². The molecule has 19 nitrogen and oxygen atoms in total. The first-order valence-electron chi connectivity index (χ1n) is 39.1. The van der Waals surface area contributed by atoms with Crippen molar-refractivity contribution in [2.24, 2.45) is 35.2 Å². The van der Waals surface area contributed by atoms with Crippen LogP contribution in [-0.4, -0.2) is 198 Å². The first-order valence-corrected chi connectivity index (χ1v) is 39.1. The van der Waals surface area contributed by atoms with Gasteiger partial charge in [0.25, 0.3) is 5.82 Å². The Kier molecular flexibility index (Phi) is 58.6. The van der Waals surface area contributed by atoms with E-state index in [1.165, 1.54) is 166 Å². The number of unbranched alkanes of at least 4 members (excludes halogenated alkanes) is 6. The maximum atomic E-state index is 8.00. The number of fused-ring (bicyclic) bond motifs is 2. The SMILES string of the molecule is C=O.C=O.CC[N+](C)(CC)CC.CC[N+](C)(CC)CCOCCOC.COCCC[N+](C)(CCCOC)CCOCCOC.C[n+]1ccc(CCCCCCc2cc[n+](C)cc2)cc1.C[n+]1ccn2c1CCCC2.Cc1cc[n+](CCCCCC[n+]2ccc(C)cc2)cc1.Cn1c[n+](C)c2ccccc21. The molecule has 0 saturated carbocycles. The van der Waals surface area contributed by atoms with Gasteiger partial charge in [0, 0.05) is 109 Å². The number of ether oxygens (including phenoxy) is 6. The third-order valence-electron chi connectivity index (χ3n) is 20.0. The number of carbonyl (C=O) groups excluding carboxylic acids is 2. The normalized spacial score (nSPS) is 11.5. The van der Waals surface area contributed by atoms with Crippen molar-refractivity contribution in [3.63, 3.8) is 0 Å². The Morgan fingerprint density at radius 2 is 0.838 bits per heavy atom. The van der Waals surface area contributed by atoms with Gasteiger partial charge in [-0.25, -0.2) is 36.5 Å². The predicted octanol–water partition coefficient (Wildman–Crippen LogP) is 10.9. The molecule has 592 valence electrons. The average molecular weight is 1470 g/mol. The summed E-state index contributed by atoms with van der Waals surface area (Å²) in [6.07, 6.45) is 42.6. The Hall–Kier alpha value is -6.52. The van der Waals surface area contributed by atoms with Crippen molar-refractivity contribution in [3.8, 4) is 0 Å². The highest BCUT2D eigenvalue weighted by Crippen LogP contribution is 2.13. The lowest BCUT2D eigenvalue weighted by molar-refractivity contribution is -0.910. The summed E-state index contributed by atoms with van der Waals surface area (Å²) >= 11 is 0. The van der Waals surface area contributed by atoms with E-state index in [0.717, 1.165) is 87.5 Å². The van der Waals surface area contributed by atoms with Crippen molar-refractivity contribution >= 4 is 24.6 Å². The fourth-order valence-corrected chi connectivity index (χ4v) is 11.6. The maximum absolute atomic E-state index is 8.00. The van der Waals surface area contributed by atoms with Crippen LogP contribution in [-0.2, 0) is 112 Å². The molecule has 1 aliphatic heterocycles. The molecule has 0 radical (unpaired) electrons. The van der Waals surface area contributed by atoms with Crippen LogP contribution in [0.1, 0.15) is 140 Å². The van der Waals surface area contributed by atoms with Crippen LogP contribution in [0.5, 0.6) is 0 Å². The van der Waals surface area contributed by atoms with E-state index in [2.05, 4.69) is 282 Å². The molecule has 0 N–H and O–H groups in total. The van der Waals surface area contributed by atoms with Crippen LogP contribution in [0.25, 0.3) is 11.0 Å². The number of hydrogen-bond donors (Lipinski definition) is 0. The van der Waals surface area contributed by atoms with Crippen molar-refractivity contribution in [2.75, 3.05) is 161 Å². The summed E-state index contributed by atoms with van der Waals surface area (Å²) in [7, 11) is 24.1. The third-order valence-corrected chi connectivity index (χ3v) is 20.0. The summed E-state index contributed by atoms with van der Waals surface area (Å²) in [6.45, 7) is 39.4. The standard InChI is InChI=1S/2C18H26N2.C14H32NO4.C10H24NO2.C9H11N2.C8H13N2.C7H18N.2CH2O/c1-17-7-13-19(14-8-17)11-5-3-4-6-12-20-15-9-18(2)10-16-20;1-19-13-9-17(10-14-19)7-5-3-4-6-8-18-11-15-20(2)16-12-18;1-15(7-5-10-16-2,8-6-11-17-3)9-12-19-14-13-18-4;1-5-11(3,6-2)7-8-13-10-9-12-4;1-10-7-11(2)9-6-4-3-5-8(9)10;1-9-6-7-10-5-3-2-4-8(9)10;1-5-8(4,6-2)7-3;2*1-2/h7-10,13-16H,3-6,11-12H2,1-2H3;9-16H,3-8H2,1-2H3;5-14H2,1-4H3;5-10H2,1-4H3;3-7H,1-2H3;6-7H,2-5H2,1H3;5-7H2,1-4H3;2*1H2/q2*+2;5*+1;;. The molecule has 1 aliphatic rings. The van der Waals surface area contributed by atoms with Crippen LogP contribution < -0.4 is 27.4 Å². The number of methoxy groups -OCH3 is 4. The van der Waals surface area contributed by atoms with Gasteiger partial charge in [0.05, 0.1) is 147 Å². The van der Waals surface area contributed by atoms with Crippen LogP contribution in [0.2, 0.25) is 0 Å². The smallest absolute Gasteiger partial charge is 0.256 e. The lowest BCUT2D eigenvalue weighted by atomic mass is 10.0. The second-order valence-corrected chi connectivity index (χ2v) is 28.3. The highest BCUT2D eigenvalue weighted by molar-refractivity contribution is 5.71. The zero-order valence-corrected chi connectivity index (χ0v) is 70.1. The van der Waals surface area contributed by atoms with E-state index in [9.17, 15) is 0 Å². The van der Waals surface area contributed by atoms with Gasteiger partial charge in [-0.2, -0.15) is 0 Å². The monoisotopic (exact) mass is 1470 g/mol. The Morgan fingerprint density at radius 3 is 1.23 bits per heavy atom. The molecule has 0 aliphatic carbocycles. The number of aromatic nitrogens is 8. The van der Waals surface area contributed by atoms with E-state index < -0.39 is 0 Å². The molecular formula is C86H154N11O8+9. The fraction of sp³-hybridized carbons (Fsp3) is 0.628. The summed E-state index contributed by atoms with van der Waals surface area (Å²) in [5, 5.41) is 0. The Balaban J connectivity index is 0.00000122. The predicted molar refractivity (Wildman–Crippen MR) is 428 cm³/mol. The quantitative estimate of drug-likeness (QED) is 0.0212. The van der Waals surface area contributed by atoms with Crippen molar-refractivity contribution < 1.29 is 78.9 Å². The average Bonchev–Trinajstić information content (AvgIpc) is 1.68.